The van der Waals surface area contributed by atoms with Gasteiger partial charge in [0.05, 0.1) is 11.5 Å². The van der Waals surface area contributed by atoms with Crippen molar-refractivity contribution in [3.05, 3.63) is 33.9 Å². The van der Waals surface area contributed by atoms with E-state index in [0.29, 0.717) is 12.0 Å². The van der Waals surface area contributed by atoms with Crippen molar-refractivity contribution in [2.75, 3.05) is 6.61 Å². The predicted octanol–water partition coefficient (Wildman–Crippen LogP) is 2.62. The second-order valence-corrected chi connectivity index (χ2v) is 3.95. The Morgan fingerprint density at radius 2 is 2.11 bits per heavy atom. The highest BCUT2D eigenvalue weighted by molar-refractivity contribution is 5.75. The summed E-state index contributed by atoms with van der Waals surface area (Å²) >= 11 is 0. The number of rotatable bonds is 6. The van der Waals surface area contributed by atoms with Gasteiger partial charge < -0.3 is 9.47 Å². The summed E-state index contributed by atoms with van der Waals surface area (Å²) in [5.74, 6) is -0.394. The van der Waals surface area contributed by atoms with Crippen LogP contribution in [0.15, 0.2) is 18.2 Å². The van der Waals surface area contributed by atoms with Gasteiger partial charge in [0.2, 0.25) is 5.75 Å². The second kappa shape index (κ2) is 6.72. The summed E-state index contributed by atoms with van der Waals surface area (Å²) in [6.45, 7) is 5.39. The number of esters is 1. The molecule has 0 heterocycles. The average Bonchev–Trinajstić information content (AvgIpc) is 2.37. The van der Waals surface area contributed by atoms with Crippen molar-refractivity contribution in [2.24, 2.45) is 0 Å². The van der Waals surface area contributed by atoms with Crippen molar-refractivity contribution in [2.45, 2.75) is 33.3 Å². The van der Waals surface area contributed by atoms with Gasteiger partial charge in [-0.15, -0.1) is 0 Å². The third-order valence-corrected chi connectivity index (χ3v) is 2.57. The van der Waals surface area contributed by atoms with Gasteiger partial charge in [0.1, 0.15) is 0 Å². The van der Waals surface area contributed by atoms with Crippen LogP contribution in [0.3, 0.4) is 0 Å². The minimum atomic E-state index is -0.834. The monoisotopic (exact) mass is 267 g/mol. The molecule has 6 heteroatoms. The highest BCUT2D eigenvalue weighted by Crippen LogP contribution is 2.31. The van der Waals surface area contributed by atoms with Gasteiger partial charge in [0, 0.05) is 6.07 Å². The lowest BCUT2D eigenvalue weighted by atomic mass is 10.2. The van der Waals surface area contributed by atoms with Gasteiger partial charge in [0.25, 0.3) is 0 Å². The summed E-state index contributed by atoms with van der Waals surface area (Å²) < 4.78 is 10.4. The second-order valence-electron chi connectivity index (χ2n) is 3.95. The molecular weight excluding hydrogens is 250 g/mol. The Hall–Kier alpha value is -2.11. The molecule has 0 radical (unpaired) electrons. The Balaban J connectivity index is 3.03. The number of carbonyl (C=O) groups excluding carboxylic acids is 1. The number of ether oxygens (including phenoxy) is 2. The van der Waals surface area contributed by atoms with E-state index in [1.54, 1.807) is 32.9 Å². The number of carbonyl (C=O) groups is 1. The van der Waals surface area contributed by atoms with Crippen molar-refractivity contribution in [3.8, 4) is 5.75 Å². The zero-order valence-electron chi connectivity index (χ0n) is 11.2. The third kappa shape index (κ3) is 3.67. The van der Waals surface area contributed by atoms with Crippen LogP contribution in [0.1, 0.15) is 25.8 Å². The van der Waals surface area contributed by atoms with E-state index in [1.807, 2.05) is 0 Å². The zero-order valence-corrected chi connectivity index (χ0v) is 11.2. The number of hydrogen-bond donors (Lipinski definition) is 0. The van der Waals surface area contributed by atoms with Crippen LogP contribution in [0.4, 0.5) is 5.69 Å². The molecule has 0 amide bonds. The van der Waals surface area contributed by atoms with Gasteiger partial charge in [-0.1, -0.05) is 19.1 Å². The maximum Gasteiger partial charge on any atom is 0.347 e. The topological polar surface area (TPSA) is 78.7 Å². The molecule has 6 nitrogen and oxygen atoms in total. The van der Waals surface area contributed by atoms with Crippen LogP contribution < -0.4 is 4.74 Å². The fourth-order valence-electron chi connectivity index (χ4n) is 1.61. The number of para-hydroxylation sites is 1. The molecule has 0 aliphatic rings. The molecule has 104 valence electrons. The molecule has 0 bridgehead atoms. The highest BCUT2D eigenvalue weighted by atomic mass is 16.6. The summed E-state index contributed by atoms with van der Waals surface area (Å²) in [7, 11) is 0. The van der Waals surface area contributed by atoms with Crippen molar-refractivity contribution in [1.82, 2.24) is 0 Å². The molecule has 0 spiro atoms. The predicted molar refractivity (Wildman–Crippen MR) is 69.2 cm³/mol. The van der Waals surface area contributed by atoms with Gasteiger partial charge in [-0.2, -0.15) is 0 Å². The fraction of sp³-hybridized carbons (Fsp3) is 0.462. The van der Waals surface area contributed by atoms with Crippen LogP contribution in [-0.4, -0.2) is 23.6 Å². The SMILES string of the molecule is CCOC(=O)C(CC)Oc1c(C)cccc1[N+](=O)[O-]. The summed E-state index contributed by atoms with van der Waals surface area (Å²) in [4.78, 5) is 22.1. The molecule has 1 aromatic carbocycles. The minimum absolute atomic E-state index is 0.118. The van der Waals surface area contributed by atoms with Crippen LogP contribution in [0.25, 0.3) is 0 Å². The van der Waals surface area contributed by atoms with E-state index in [4.69, 9.17) is 9.47 Å². The quantitative estimate of drug-likeness (QED) is 0.449. The standard InChI is InChI=1S/C13H17NO5/c1-4-11(13(15)18-5-2)19-12-9(3)7-6-8-10(12)14(16)17/h6-8,11H,4-5H2,1-3H3. The van der Waals surface area contributed by atoms with Gasteiger partial charge in [-0.3, -0.25) is 10.1 Å². The van der Waals surface area contributed by atoms with Crippen LogP contribution in [0.5, 0.6) is 5.75 Å². The Morgan fingerprint density at radius 1 is 1.42 bits per heavy atom. The first-order valence-electron chi connectivity index (χ1n) is 6.08. The zero-order chi connectivity index (χ0) is 14.4. The Morgan fingerprint density at radius 3 is 2.63 bits per heavy atom. The van der Waals surface area contributed by atoms with Crippen molar-refractivity contribution < 1.29 is 19.2 Å². The number of benzene rings is 1. The van der Waals surface area contributed by atoms with E-state index in [2.05, 4.69) is 0 Å². The third-order valence-electron chi connectivity index (χ3n) is 2.57. The molecule has 0 N–H and O–H groups in total. The largest absolute Gasteiger partial charge is 0.471 e. The van der Waals surface area contributed by atoms with Gasteiger partial charge in [0.15, 0.2) is 6.10 Å². The Labute approximate surface area is 111 Å². The van der Waals surface area contributed by atoms with E-state index in [1.165, 1.54) is 6.07 Å². The van der Waals surface area contributed by atoms with E-state index < -0.39 is 17.0 Å². The molecular formula is C13H17NO5. The molecule has 1 atom stereocenters. The first-order valence-corrected chi connectivity index (χ1v) is 6.08. The lowest BCUT2D eigenvalue weighted by Gasteiger charge is -2.17. The van der Waals surface area contributed by atoms with E-state index >= 15 is 0 Å². The van der Waals surface area contributed by atoms with Crippen molar-refractivity contribution in [1.29, 1.82) is 0 Å². The lowest BCUT2D eigenvalue weighted by Crippen LogP contribution is -2.29. The molecule has 0 saturated heterocycles. The number of aryl methyl sites for hydroxylation is 1. The average molecular weight is 267 g/mol. The Kier molecular flexibility index (Phi) is 5.29. The smallest absolute Gasteiger partial charge is 0.347 e. The maximum absolute atomic E-state index is 11.7. The first-order chi connectivity index (χ1) is 9.01. The van der Waals surface area contributed by atoms with Gasteiger partial charge in [-0.05, 0) is 25.8 Å². The Bertz CT molecular complexity index is 472. The molecule has 0 aliphatic heterocycles. The van der Waals surface area contributed by atoms with Crippen LogP contribution in [-0.2, 0) is 9.53 Å². The molecule has 0 aromatic heterocycles. The maximum atomic E-state index is 11.7. The van der Waals surface area contributed by atoms with Gasteiger partial charge >= 0.3 is 11.7 Å². The number of nitrogens with zero attached hydrogens (tertiary/aromatic N) is 1. The molecule has 0 saturated carbocycles. The molecule has 1 rings (SSSR count). The number of nitro benzene ring substituents is 1. The minimum Gasteiger partial charge on any atom is -0.471 e. The number of nitro groups is 1. The van der Waals surface area contributed by atoms with E-state index in [9.17, 15) is 14.9 Å². The van der Waals surface area contributed by atoms with E-state index in [0.717, 1.165) is 0 Å². The molecule has 0 fully saturated rings. The lowest BCUT2D eigenvalue weighted by molar-refractivity contribution is -0.386. The van der Waals surface area contributed by atoms with Gasteiger partial charge in [-0.25, -0.2) is 4.79 Å². The summed E-state index contributed by atoms with van der Waals surface area (Å²) in [6.07, 6.45) is -0.454. The van der Waals surface area contributed by atoms with E-state index in [-0.39, 0.29) is 18.0 Å². The van der Waals surface area contributed by atoms with Crippen molar-refractivity contribution in [3.63, 3.8) is 0 Å². The first kappa shape index (κ1) is 14.9. The molecule has 0 aliphatic carbocycles. The highest BCUT2D eigenvalue weighted by Gasteiger charge is 2.25. The molecule has 1 unspecified atom stereocenters. The summed E-state index contributed by atoms with van der Waals surface area (Å²) in [5.41, 5.74) is 0.458. The number of hydrogen-bond acceptors (Lipinski definition) is 5. The normalized spacial score (nSPS) is 11.7. The molecule has 1 aromatic rings. The van der Waals surface area contributed by atoms with Crippen molar-refractivity contribution >= 4 is 11.7 Å². The molecule has 19 heavy (non-hydrogen) atoms. The fourth-order valence-corrected chi connectivity index (χ4v) is 1.61. The summed E-state index contributed by atoms with van der Waals surface area (Å²) in [6, 6.07) is 4.62. The van der Waals surface area contributed by atoms with Crippen LogP contribution in [0, 0.1) is 17.0 Å². The van der Waals surface area contributed by atoms with Crippen LogP contribution >= 0.6 is 0 Å². The van der Waals surface area contributed by atoms with Crippen LogP contribution in [0.2, 0.25) is 0 Å². The summed E-state index contributed by atoms with van der Waals surface area (Å²) in [5, 5.41) is 10.9.